The molecule has 2 heteroatoms. The summed E-state index contributed by atoms with van der Waals surface area (Å²) in [7, 11) is 2.20. The predicted octanol–water partition coefficient (Wildman–Crippen LogP) is 3.26. The monoisotopic (exact) mass is 228 g/mol. The van der Waals surface area contributed by atoms with Crippen molar-refractivity contribution in [3.8, 4) is 0 Å². The fraction of sp³-hybridized carbons (Fsp3) is 1.00. The Morgan fingerprint density at radius 1 is 1.12 bits per heavy atom. The molecule has 0 aromatic carbocycles. The quantitative estimate of drug-likeness (QED) is 0.756. The Kier molecular flexibility index (Phi) is 5.99. The molecule has 16 heavy (non-hydrogen) atoms. The fourth-order valence-electron chi connectivity index (χ4n) is 1.82. The van der Waals surface area contributed by atoms with Crippen LogP contribution in [0.5, 0.6) is 0 Å². The Morgan fingerprint density at radius 2 is 1.62 bits per heavy atom. The van der Waals surface area contributed by atoms with E-state index in [1.165, 1.54) is 6.42 Å². The zero-order valence-electron chi connectivity index (χ0n) is 12.4. The molecule has 0 aromatic heterocycles. The van der Waals surface area contributed by atoms with Crippen molar-refractivity contribution in [2.45, 2.75) is 72.4 Å². The van der Waals surface area contributed by atoms with Crippen molar-refractivity contribution < 1.29 is 0 Å². The lowest BCUT2D eigenvalue weighted by atomic mass is 9.87. The predicted molar refractivity (Wildman–Crippen MR) is 73.7 cm³/mol. The second-order valence-electron chi connectivity index (χ2n) is 6.90. The van der Waals surface area contributed by atoms with Crippen LogP contribution >= 0.6 is 0 Å². The van der Waals surface area contributed by atoms with Gasteiger partial charge in [-0.2, -0.15) is 0 Å². The van der Waals surface area contributed by atoms with Crippen LogP contribution in [-0.4, -0.2) is 30.1 Å². The number of nitrogens with two attached hydrogens (primary N) is 1. The summed E-state index contributed by atoms with van der Waals surface area (Å²) < 4.78 is 0. The molecule has 0 aliphatic carbocycles. The smallest absolute Gasteiger partial charge is 0.0147 e. The van der Waals surface area contributed by atoms with E-state index in [9.17, 15) is 0 Å². The van der Waals surface area contributed by atoms with Crippen LogP contribution in [0.15, 0.2) is 0 Å². The fourth-order valence-corrected chi connectivity index (χ4v) is 1.82. The minimum atomic E-state index is 0.293. The summed E-state index contributed by atoms with van der Waals surface area (Å²) in [5.41, 5.74) is 6.80. The lowest BCUT2D eigenvalue weighted by molar-refractivity contribution is 0.143. The maximum atomic E-state index is 6.17. The van der Waals surface area contributed by atoms with E-state index in [0.717, 1.165) is 19.4 Å². The number of hydrogen-bond donors (Lipinski definition) is 1. The molecule has 0 bridgehead atoms. The van der Waals surface area contributed by atoms with Crippen molar-refractivity contribution in [1.29, 1.82) is 0 Å². The largest absolute Gasteiger partial charge is 0.328 e. The summed E-state index contributed by atoms with van der Waals surface area (Å²) in [6.07, 6.45) is 3.38. The molecule has 0 aliphatic rings. The molecule has 1 atom stereocenters. The van der Waals surface area contributed by atoms with Crippen LogP contribution < -0.4 is 5.73 Å². The van der Waals surface area contributed by atoms with Crippen LogP contribution in [0.3, 0.4) is 0 Å². The first-order valence-corrected chi connectivity index (χ1v) is 6.55. The minimum Gasteiger partial charge on any atom is -0.328 e. The zero-order chi connectivity index (χ0) is 13.0. The number of nitrogens with zero attached hydrogens (tertiary/aromatic N) is 1. The third-order valence-corrected chi connectivity index (χ3v) is 3.61. The van der Waals surface area contributed by atoms with Crippen molar-refractivity contribution in [3.05, 3.63) is 0 Å². The van der Waals surface area contributed by atoms with E-state index in [0.29, 0.717) is 17.0 Å². The maximum absolute atomic E-state index is 6.17. The first kappa shape index (κ1) is 15.9. The van der Waals surface area contributed by atoms with Crippen LogP contribution in [0, 0.1) is 5.41 Å². The highest BCUT2D eigenvalue weighted by Crippen LogP contribution is 2.22. The molecule has 1 unspecified atom stereocenters. The highest BCUT2D eigenvalue weighted by Gasteiger charge is 2.22. The molecule has 98 valence electrons. The number of rotatable bonds is 6. The van der Waals surface area contributed by atoms with Crippen LogP contribution in [0.1, 0.15) is 60.8 Å². The molecular weight excluding hydrogens is 196 g/mol. The van der Waals surface area contributed by atoms with Gasteiger partial charge < -0.3 is 10.6 Å². The van der Waals surface area contributed by atoms with Gasteiger partial charge >= 0.3 is 0 Å². The lowest BCUT2D eigenvalue weighted by Crippen LogP contribution is -2.42. The highest BCUT2D eigenvalue weighted by atomic mass is 15.2. The van der Waals surface area contributed by atoms with Crippen molar-refractivity contribution in [1.82, 2.24) is 4.90 Å². The molecule has 0 spiro atoms. The Labute approximate surface area is 103 Å². The van der Waals surface area contributed by atoms with E-state index in [4.69, 9.17) is 5.73 Å². The van der Waals surface area contributed by atoms with Crippen LogP contribution in [0.2, 0.25) is 0 Å². The van der Waals surface area contributed by atoms with E-state index in [2.05, 4.69) is 53.5 Å². The maximum Gasteiger partial charge on any atom is 0.0147 e. The average molecular weight is 228 g/mol. The molecular formula is C14H32N2. The topological polar surface area (TPSA) is 29.3 Å². The van der Waals surface area contributed by atoms with Crippen molar-refractivity contribution in [3.63, 3.8) is 0 Å². The molecule has 2 N–H and O–H groups in total. The molecule has 0 rings (SSSR count). The van der Waals surface area contributed by atoms with Gasteiger partial charge in [0.1, 0.15) is 0 Å². The summed E-state index contributed by atoms with van der Waals surface area (Å²) in [6.45, 7) is 14.7. The second kappa shape index (κ2) is 6.02. The Hall–Kier alpha value is -0.0800. The van der Waals surface area contributed by atoms with Crippen LogP contribution in [-0.2, 0) is 0 Å². The Bertz CT molecular complexity index is 191. The van der Waals surface area contributed by atoms with Gasteiger partial charge in [0.2, 0.25) is 0 Å². The third kappa shape index (κ3) is 6.49. The minimum absolute atomic E-state index is 0.293. The summed E-state index contributed by atoms with van der Waals surface area (Å²) in [5.74, 6) is 0. The van der Waals surface area contributed by atoms with Gasteiger partial charge in [0.15, 0.2) is 0 Å². The van der Waals surface area contributed by atoms with Gasteiger partial charge in [0.05, 0.1) is 0 Å². The molecule has 0 heterocycles. The molecule has 0 fully saturated rings. The molecule has 0 amide bonds. The van der Waals surface area contributed by atoms with E-state index < -0.39 is 0 Å². The summed E-state index contributed by atoms with van der Waals surface area (Å²) in [5, 5.41) is 0. The summed E-state index contributed by atoms with van der Waals surface area (Å²) in [4.78, 5) is 2.43. The van der Waals surface area contributed by atoms with Gasteiger partial charge in [-0.25, -0.2) is 0 Å². The molecule has 0 radical (unpaired) electrons. The SMILES string of the molecule is CCC(C)(C)N(C)CCC(N)CC(C)(C)C. The highest BCUT2D eigenvalue weighted by molar-refractivity contribution is 4.79. The van der Waals surface area contributed by atoms with Crippen molar-refractivity contribution in [2.24, 2.45) is 11.1 Å². The Morgan fingerprint density at radius 3 is 2.00 bits per heavy atom. The number of hydrogen-bond acceptors (Lipinski definition) is 2. The van der Waals surface area contributed by atoms with E-state index in [1.54, 1.807) is 0 Å². The zero-order valence-corrected chi connectivity index (χ0v) is 12.4. The van der Waals surface area contributed by atoms with Crippen LogP contribution in [0.25, 0.3) is 0 Å². The first-order chi connectivity index (χ1) is 7.08. The lowest BCUT2D eigenvalue weighted by Gasteiger charge is -2.36. The van der Waals surface area contributed by atoms with Crippen molar-refractivity contribution in [2.75, 3.05) is 13.6 Å². The molecule has 0 saturated carbocycles. The van der Waals surface area contributed by atoms with Gasteiger partial charge in [-0.05, 0) is 52.1 Å². The summed E-state index contributed by atoms with van der Waals surface area (Å²) >= 11 is 0. The standard InChI is InChI=1S/C14H32N2/c1-8-14(5,6)16(7)10-9-12(15)11-13(2,3)4/h12H,8-11,15H2,1-7H3. The molecule has 0 saturated heterocycles. The van der Waals surface area contributed by atoms with E-state index >= 15 is 0 Å². The normalized spacial score (nSPS) is 15.6. The molecule has 0 aliphatic heterocycles. The third-order valence-electron chi connectivity index (χ3n) is 3.61. The second-order valence-corrected chi connectivity index (χ2v) is 6.90. The van der Waals surface area contributed by atoms with E-state index in [1.807, 2.05) is 0 Å². The molecule has 0 aromatic rings. The van der Waals surface area contributed by atoms with E-state index in [-0.39, 0.29) is 0 Å². The summed E-state index contributed by atoms with van der Waals surface area (Å²) in [6, 6.07) is 0.329. The van der Waals surface area contributed by atoms with Gasteiger partial charge in [-0.1, -0.05) is 27.7 Å². The Balaban J connectivity index is 3.97. The van der Waals surface area contributed by atoms with Gasteiger partial charge in [0, 0.05) is 11.6 Å². The van der Waals surface area contributed by atoms with Gasteiger partial charge in [-0.3, -0.25) is 0 Å². The first-order valence-electron chi connectivity index (χ1n) is 6.55. The van der Waals surface area contributed by atoms with Crippen molar-refractivity contribution >= 4 is 0 Å². The van der Waals surface area contributed by atoms with Gasteiger partial charge in [0.25, 0.3) is 0 Å². The van der Waals surface area contributed by atoms with Gasteiger partial charge in [-0.15, -0.1) is 0 Å². The average Bonchev–Trinajstić information content (AvgIpc) is 2.11. The van der Waals surface area contributed by atoms with Crippen LogP contribution in [0.4, 0.5) is 0 Å². The molecule has 2 nitrogen and oxygen atoms in total.